The Hall–Kier alpha value is -3.08. The van der Waals surface area contributed by atoms with Crippen molar-refractivity contribution in [1.29, 1.82) is 0 Å². The lowest BCUT2D eigenvalue weighted by atomic mass is 10.1. The number of nitrogens with zero attached hydrogens (tertiary/aromatic N) is 2. The van der Waals surface area contributed by atoms with Crippen molar-refractivity contribution in [3.63, 3.8) is 0 Å². The van der Waals surface area contributed by atoms with E-state index in [0.717, 1.165) is 4.90 Å². The molecule has 0 spiro atoms. The van der Waals surface area contributed by atoms with Crippen molar-refractivity contribution >= 4 is 27.8 Å². The van der Waals surface area contributed by atoms with Crippen LogP contribution in [0.2, 0.25) is 0 Å². The normalized spacial score (nSPS) is 21.2. The van der Waals surface area contributed by atoms with Crippen LogP contribution in [0.1, 0.15) is 44.9 Å². The third-order valence-corrected chi connectivity index (χ3v) is 7.35. The summed E-state index contributed by atoms with van der Waals surface area (Å²) in [5.41, 5.74) is 0.699. The highest BCUT2D eigenvalue weighted by atomic mass is 32.2. The van der Waals surface area contributed by atoms with Gasteiger partial charge in [-0.25, -0.2) is 13.2 Å². The second kappa shape index (κ2) is 9.05. The summed E-state index contributed by atoms with van der Waals surface area (Å²) in [7, 11) is -3.81. The summed E-state index contributed by atoms with van der Waals surface area (Å²) in [5.74, 6) is -1.62. The van der Waals surface area contributed by atoms with Gasteiger partial charge in [0, 0.05) is 13.1 Å². The van der Waals surface area contributed by atoms with Crippen LogP contribution in [0.5, 0.6) is 0 Å². The molecule has 2 aliphatic rings. The van der Waals surface area contributed by atoms with Gasteiger partial charge in [0.05, 0.1) is 40.3 Å². The van der Waals surface area contributed by atoms with Crippen LogP contribution in [-0.2, 0) is 19.5 Å². The van der Waals surface area contributed by atoms with E-state index < -0.39 is 27.8 Å². The number of sulfonamides is 1. The molecule has 0 aliphatic carbocycles. The van der Waals surface area contributed by atoms with Crippen molar-refractivity contribution in [2.45, 2.75) is 31.0 Å². The maximum Gasteiger partial charge on any atom is 0.338 e. The lowest BCUT2D eigenvalue weighted by Crippen LogP contribution is -2.48. The van der Waals surface area contributed by atoms with Crippen LogP contribution in [0.15, 0.2) is 53.4 Å². The van der Waals surface area contributed by atoms with Crippen LogP contribution < -0.4 is 0 Å². The minimum Gasteiger partial charge on any atom is -0.460 e. The molecule has 2 aliphatic heterocycles. The number of carbonyl (C=O) groups is 3. The average Bonchev–Trinajstić information content (AvgIpc) is 3.03. The van der Waals surface area contributed by atoms with E-state index in [1.165, 1.54) is 28.6 Å². The van der Waals surface area contributed by atoms with E-state index in [-0.39, 0.29) is 48.9 Å². The van der Waals surface area contributed by atoms with Crippen LogP contribution in [0.25, 0.3) is 0 Å². The molecule has 9 nitrogen and oxygen atoms in total. The predicted molar refractivity (Wildman–Crippen MR) is 117 cm³/mol. The largest absolute Gasteiger partial charge is 0.460 e. The van der Waals surface area contributed by atoms with Crippen molar-refractivity contribution in [2.24, 2.45) is 0 Å². The van der Waals surface area contributed by atoms with E-state index in [1.807, 2.05) is 0 Å². The molecule has 0 radical (unpaired) electrons. The summed E-state index contributed by atoms with van der Waals surface area (Å²) >= 11 is 0. The molecule has 0 N–H and O–H groups in total. The van der Waals surface area contributed by atoms with Crippen LogP contribution in [0.3, 0.4) is 0 Å². The SMILES string of the molecule is C[C@@H]1CN(S(=O)(=O)c2cccc(C(=O)OCCN3C(=O)c4ccccc4C3=O)c2)C[C@@H](C)O1. The van der Waals surface area contributed by atoms with E-state index in [2.05, 4.69) is 0 Å². The first-order valence-corrected chi connectivity index (χ1v) is 12.0. The average molecular weight is 473 g/mol. The second-order valence-corrected chi connectivity index (χ2v) is 9.99. The van der Waals surface area contributed by atoms with Crippen molar-refractivity contribution in [3.05, 3.63) is 65.2 Å². The Kier molecular flexibility index (Phi) is 6.33. The first-order chi connectivity index (χ1) is 15.7. The number of morpholine rings is 1. The molecule has 174 valence electrons. The number of carbonyl (C=O) groups excluding carboxylic acids is 3. The monoisotopic (exact) mass is 472 g/mol. The smallest absolute Gasteiger partial charge is 0.338 e. The fourth-order valence-corrected chi connectivity index (χ4v) is 5.65. The number of ether oxygens (including phenoxy) is 2. The van der Waals surface area contributed by atoms with Crippen LogP contribution >= 0.6 is 0 Å². The summed E-state index contributed by atoms with van der Waals surface area (Å²) in [4.78, 5) is 38.3. The zero-order valence-corrected chi connectivity index (χ0v) is 19.1. The van der Waals surface area contributed by atoms with Crippen LogP contribution in [-0.4, -0.2) is 73.9 Å². The number of hydrogen-bond acceptors (Lipinski definition) is 7. The molecule has 33 heavy (non-hydrogen) atoms. The van der Waals surface area contributed by atoms with Gasteiger partial charge in [-0.15, -0.1) is 0 Å². The third-order valence-electron chi connectivity index (χ3n) is 5.52. The predicted octanol–water partition coefficient (Wildman–Crippen LogP) is 1.94. The Morgan fingerprint density at radius 2 is 1.61 bits per heavy atom. The number of imide groups is 1. The summed E-state index contributed by atoms with van der Waals surface area (Å²) in [6, 6.07) is 12.1. The fraction of sp³-hybridized carbons (Fsp3) is 0.348. The highest BCUT2D eigenvalue weighted by molar-refractivity contribution is 7.89. The number of esters is 1. The molecular formula is C23H24N2O7S. The van der Waals surface area contributed by atoms with Gasteiger partial charge in [-0.05, 0) is 44.2 Å². The fourth-order valence-electron chi connectivity index (χ4n) is 4.01. The maximum atomic E-state index is 13.1. The number of benzene rings is 2. The Balaban J connectivity index is 1.40. The van der Waals surface area contributed by atoms with Gasteiger partial charge in [-0.2, -0.15) is 4.31 Å². The molecule has 1 saturated heterocycles. The Morgan fingerprint density at radius 3 is 2.21 bits per heavy atom. The zero-order valence-electron chi connectivity index (χ0n) is 18.3. The van der Waals surface area contributed by atoms with Gasteiger partial charge in [0.25, 0.3) is 11.8 Å². The van der Waals surface area contributed by atoms with E-state index in [4.69, 9.17) is 9.47 Å². The molecule has 2 heterocycles. The summed E-state index contributed by atoms with van der Waals surface area (Å²) in [5, 5.41) is 0. The summed E-state index contributed by atoms with van der Waals surface area (Å²) in [6.07, 6.45) is -0.474. The molecule has 0 aromatic heterocycles. The summed E-state index contributed by atoms with van der Waals surface area (Å²) < 4.78 is 38.3. The van der Waals surface area contributed by atoms with Gasteiger partial charge in [0.2, 0.25) is 10.0 Å². The van der Waals surface area contributed by atoms with Crippen molar-refractivity contribution in [1.82, 2.24) is 9.21 Å². The van der Waals surface area contributed by atoms with Crippen molar-refractivity contribution in [2.75, 3.05) is 26.2 Å². The highest BCUT2D eigenvalue weighted by Crippen LogP contribution is 2.23. The lowest BCUT2D eigenvalue weighted by Gasteiger charge is -2.34. The molecule has 0 saturated carbocycles. The van der Waals surface area contributed by atoms with Gasteiger partial charge < -0.3 is 9.47 Å². The van der Waals surface area contributed by atoms with Crippen molar-refractivity contribution in [3.8, 4) is 0 Å². The lowest BCUT2D eigenvalue weighted by molar-refractivity contribution is -0.0440. The standard InChI is InChI=1S/C23H24N2O7S/c1-15-13-24(14-16(2)32-15)33(29,30)18-7-5-6-17(12-18)23(28)31-11-10-25-21(26)19-8-3-4-9-20(19)22(25)27/h3-9,12,15-16H,10-11,13-14H2,1-2H3/t15-,16-/m1/s1. The minimum absolute atomic E-state index is 0.0152. The topological polar surface area (TPSA) is 110 Å². The first-order valence-electron chi connectivity index (χ1n) is 10.6. The number of fused-ring (bicyclic) bond motifs is 1. The highest BCUT2D eigenvalue weighted by Gasteiger charge is 2.35. The Labute approximate surface area is 191 Å². The third kappa shape index (κ3) is 4.54. The number of hydrogen-bond donors (Lipinski definition) is 0. The van der Waals surface area contributed by atoms with E-state index in [0.29, 0.717) is 11.1 Å². The van der Waals surface area contributed by atoms with Gasteiger partial charge in [-0.3, -0.25) is 14.5 Å². The molecule has 2 atom stereocenters. The minimum atomic E-state index is -3.81. The Morgan fingerprint density at radius 1 is 1.00 bits per heavy atom. The maximum absolute atomic E-state index is 13.1. The number of amides is 2. The van der Waals surface area contributed by atoms with Gasteiger partial charge in [0.1, 0.15) is 6.61 Å². The molecule has 2 aromatic carbocycles. The van der Waals surface area contributed by atoms with E-state index in [9.17, 15) is 22.8 Å². The summed E-state index contributed by atoms with van der Waals surface area (Å²) in [6.45, 7) is 3.75. The van der Waals surface area contributed by atoms with Crippen LogP contribution in [0, 0.1) is 0 Å². The van der Waals surface area contributed by atoms with E-state index in [1.54, 1.807) is 38.1 Å². The molecule has 4 rings (SSSR count). The second-order valence-electron chi connectivity index (χ2n) is 8.05. The van der Waals surface area contributed by atoms with Gasteiger partial charge >= 0.3 is 5.97 Å². The molecule has 0 bridgehead atoms. The van der Waals surface area contributed by atoms with Crippen molar-refractivity contribution < 1.29 is 32.3 Å². The molecular weight excluding hydrogens is 448 g/mol. The van der Waals surface area contributed by atoms with Crippen LogP contribution in [0.4, 0.5) is 0 Å². The zero-order chi connectivity index (χ0) is 23.8. The van der Waals surface area contributed by atoms with E-state index >= 15 is 0 Å². The molecule has 2 amide bonds. The quantitative estimate of drug-likeness (QED) is 0.467. The molecule has 10 heteroatoms. The molecule has 1 fully saturated rings. The van der Waals surface area contributed by atoms with Gasteiger partial charge in [-0.1, -0.05) is 18.2 Å². The first kappa shape index (κ1) is 23.1. The molecule has 2 aromatic rings. The Bertz CT molecular complexity index is 1170. The molecule has 0 unspecified atom stereocenters. The van der Waals surface area contributed by atoms with Gasteiger partial charge in [0.15, 0.2) is 0 Å². The number of rotatable bonds is 6.